The maximum Gasteiger partial charge on any atom is 0.124 e. The van der Waals surface area contributed by atoms with Crippen molar-refractivity contribution >= 4 is 11.6 Å². The molecule has 0 aromatic heterocycles. The van der Waals surface area contributed by atoms with Crippen LogP contribution in [0.1, 0.15) is 44.7 Å². The summed E-state index contributed by atoms with van der Waals surface area (Å²) in [6.45, 7) is 4.42. The maximum atomic E-state index is 6.21. The standard InChI is InChI=1S/C14H20ClNO/c1-3-9(4-2)14-8-12(16)11-7-10(15)5-6-13(11)17-14/h5-7,9,12,14H,3-4,8,16H2,1-2H3/t12-,14?/m1/s1. The van der Waals surface area contributed by atoms with Crippen LogP contribution in [0.3, 0.4) is 0 Å². The van der Waals surface area contributed by atoms with E-state index in [1.54, 1.807) is 0 Å². The Kier molecular flexibility index (Phi) is 3.95. The predicted molar refractivity (Wildman–Crippen MR) is 71.5 cm³/mol. The van der Waals surface area contributed by atoms with E-state index in [-0.39, 0.29) is 12.1 Å². The van der Waals surface area contributed by atoms with E-state index < -0.39 is 0 Å². The van der Waals surface area contributed by atoms with E-state index in [4.69, 9.17) is 22.1 Å². The minimum atomic E-state index is 0.0445. The number of rotatable bonds is 3. The van der Waals surface area contributed by atoms with Crippen LogP contribution in [0.4, 0.5) is 0 Å². The topological polar surface area (TPSA) is 35.2 Å². The van der Waals surface area contributed by atoms with Crippen molar-refractivity contribution in [2.45, 2.75) is 45.3 Å². The second kappa shape index (κ2) is 5.28. The zero-order valence-electron chi connectivity index (χ0n) is 10.4. The van der Waals surface area contributed by atoms with Gasteiger partial charge < -0.3 is 10.5 Å². The van der Waals surface area contributed by atoms with E-state index in [1.807, 2.05) is 18.2 Å². The molecule has 94 valence electrons. The van der Waals surface area contributed by atoms with Gasteiger partial charge in [0.1, 0.15) is 11.9 Å². The molecule has 1 aliphatic heterocycles. The third-order valence-corrected chi connectivity index (χ3v) is 3.95. The molecule has 1 unspecified atom stereocenters. The van der Waals surface area contributed by atoms with Crippen molar-refractivity contribution < 1.29 is 4.74 Å². The lowest BCUT2D eigenvalue weighted by molar-refractivity contribution is 0.0944. The molecule has 1 aromatic carbocycles. The van der Waals surface area contributed by atoms with Crippen molar-refractivity contribution in [2.24, 2.45) is 11.7 Å². The largest absolute Gasteiger partial charge is 0.490 e. The first kappa shape index (κ1) is 12.7. The Balaban J connectivity index is 2.24. The van der Waals surface area contributed by atoms with E-state index in [2.05, 4.69) is 13.8 Å². The van der Waals surface area contributed by atoms with Gasteiger partial charge in [-0.15, -0.1) is 0 Å². The third-order valence-electron chi connectivity index (χ3n) is 3.71. The summed E-state index contributed by atoms with van der Waals surface area (Å²) >= 11 is 5.98. The van der Waals surface area contributed by atoms with Crippen LogP contribution in [-0.4, -0.2) is 6.10 Å². The van der Waals surface area contributed by atoms with E-state index in [9.17, 15) is 0 Å². The molecule has 1 aliphatic rings. The minimum absolute atomic E-state index is 0.0445. The smallest absolute Gasteiger partial charge is 0.124 e. The summed E-state index contributed by atoms with van der Waals surface area (Å²) in [6.07, 6.45) is 3.40. The number of hydrogen-bond acceptors (Lipinski definition) is 2. The molecule has 2 N–H and O–H groups in total. The highest BCUT2D eigenvalue weighted by Crippen LogP contribution is 2.38. The molecule has 2 rings (SSSR count). The zero-order chi connectivity index (χ0) is 12.4. The van der Waals surface area contributed by atoms with Gasteiger partial charge in [-0.05, 0) is 37.0 Å². The van der Waals surface area contributed by atoms with Gasteiger partial charge >= 0.3 is 0 Å². The molecule has 0 saturated heterocycles. The Morgan fingerprint density at radius 2 is 2.12 bits per heavy atom. The highest BCUT2D eigenvalue weighted by atomic mass is 35.5. The Morgan fingerprint density at radius 1 is 1.41 bits per heavy atom. The summed E-state index contributed by atoms with van der Waals surface area (Å²) < 4.78 is 6.06. The van der Waals surface area contributed by atoms with Crippen LogP contribution in [0.5, 0.6) is 5.75 Å². The van der Waals surface area contributed by atoms with Crippen molar-refractivity contribution in [3.8, 4) is 5.75 Å². The molecule has 2 atom stereocenters. The molecule has 2 nitrogen and oxygen atoms in total. The van der Waals surface area contributed by atoms with Crippen LogP contribution < -0.4 is 10.5 Å². The number of halogens is 1. The fourth-order valence-corrected chi connectivity index (χ4v) is 2.79. The van der Waals surface area contributed by atoms with Gasteiger partial charge in [-0.2, -0.15) is 0 Å². The summed E-state index contributed by atoms with van der Waals surface area (Å²) in [5.41, 5.74) is 7.26. The number of ether oxygens (including phenoxy) is 1. The average Bonchev–Trinajstić information content (AvgIpc) is 2.32. The minimum Gasteiger partial charge on any atom is -0.490 e. The summed E-state index contributed by atoms with van der Waals surface area (Å²) in [4.78, 5) is 0. The normalized spacial score (nSPS) is 23.4. The van der Waals surface area contributed by atoms with Crippen molar-refractivity contribution in [3.63, 3.8) is 0 Å². The molecule has 0 spiro atoms. The van der Waals surface area contributed by atoms with Gasteiger partial charge in [-0.3, -0.25) is 0 Å². The van der Waals surface area contributed by atoms with Crippen LogP contribution in [0, 0.1) is 5.92 Å². The molecule has 1 aromatic rings. The van der Waals surface area contributed by atoms with Gasteiger partial charge in [-0.25, -0.2) is 0 Å². The van der Waals surface area contributed by atoms with Crippen LogP contribution in [-0.2, 0) is 0 Å². The Labute approximate surface area is 108 Å². The molecule has 0 bridgehead atoms. The van der Waals surface area contributed by atoms with Gasteiger partial charge in [0.2, 0.25) is 0 Å². The first-order valence-corrected chi connectivity index (χ1v) is 6.75. The molecular formula is C14H20ClNO. The molecule has 17 heavy (non-hydrogen) atoms. The highest BCUT2D eigenvalue weighted by Gasteiger charge is 2.30. The van der Waals surface area contributed by atoms with E-state index in [1.165, 1.54) is 0 Å². The summed E-state index contributed by atoms with van der Waals surface area (Å²) in [7, 11) is 0. The Bertz CT molecular complexity index is 390. The molecular weight excluding hydrogens is 234 g/mol. The fraction of sp³-hybridized carbons (Fsp3) is 0.571. The summed E-state index contributed by atoms with van der Waals surface area (Å²) in [5.74, 6) is 1.50. The third kappa shape index (κ3) is 2.58. The number of fused-ring (bicyclic) bond motifs is 1. The lowest BCUT2D eigenvalue weighted by Gasteiger charge is -2.34. The summed E-state index contributed by atoms with van der Waals surface area (Å²) in [6, 6.07) is 5.77. The number of hydrogen-bond donors (Lipinski definition) is 1. The molecule has 0 amide bonds. The van der Waals surface area contributed by atoms with Crippen LogP contribution in [0.2, 0.25) is 5.02 Å². The summed E-state index contributed by atoms with van der Waals surface area (Å²) in [5, 5.41) is 0.726. The maximum absolute atomic E-state index is 6.21. The molecule has 0 fully saturated rings. The van der Waals surface area contributed by atoms with Gasteiger partial charge in [0.15, 0.2) is 0 Å². The lowest BCUT2D eigenvalue weighted by atomic mass is 9.87. The SMILES string of the molecule is CCC(CC)C1C[C@@H](N)c2cc(Cl)ccc2O1. The monoisotopic (exact) mass is 253 g/mol. The number of nitrogens with two attached hydrogens (primary N) is 1. The van der Waals surface area contributed by atoms with Crippen molar-refractivity contribution in [2.75, 3.05) is 0 Å². The van der Waals surface area contributed by atoms with Crippen molar-refractivity contribution in [3.05, 3.63) is 28.8 Å². The first-order valence-electron chi connectivity index (χ1n) is 6.37. The van der Waals surface area contributed by atoms with Gasteiger partial charge in [0, 0.05) is 23.0 Å². The van der Waals surface area contributed by atoms with Crippen LogP contribution >= 0.6 is 11.6 Å². The Hall–Kier alpha value is -0.730. The van der Waals surface area contributed by atoms with Gasteiger partial charge in [-0.1, -0.05) is 25.4 Å². The predicted octanol–water partition coefficient (Wildman–Crippen LogP) is 3.93. The molecule has 0 aliphatic carbocycles. The lowest BCUT2D eigenvalue weighted by Crippen LogP contribution is -2.34. The van der Waals surface area contributed by atoms with E-state index >= 15 is 0 Å². The van der Waals surface area contributed by atoms with E-state index in [0.29, 0.717) is 5.92 Å². The van der Waals surface area contributed by atoms with E-state index in [0.717, 1.165) is 35.6 Å². The quantitative estimate of drug-likeness (QED) is 0.886. The molecule has 0 saturated carbocycles. The molecule has 0 radical (unpaired) electrons. The average molecular weight is 254 g/mol. The number of benzene rings is 1. The van der Waals surface area contributed by atoms with Crippen LogP contribution in [0.15, 0.2) is 18.2 Å². The van der Waals surface area contributed by atoms with Crippen molar-refractivity contribution in [1.29, 1.82) is 0 Å². The fourth-order valence-electron chi connectivity index (χ4n) is 2.61. The Morgan fingerprint density at radius 3 is 2.76 bits per heavy atom. The van der Waals surface area contributed by atoms with Gasteiger partial charge in [0.05, 0.1) is 0 Å². The molecule has 1 heterocycles. The molecule has 3 heteroatoms. The second-order valence-electron chi connectivity index (χ2n) is 4.76. The highest BCUT2D eigenvalue weighted by molar-refractivity contribution is 6.30. The van der Waals surface area contributed by atoms with Crippen LogP contribution in [0.25, 0.3) is 0 Å². The first-order chi connectivity index (χ1) is 8.15. The van der Waals surface area contributed by atoms with Gasteiger partial charge in [0.25, 0.3) is 0 Å². The zero-order valence-corrected chi connectivity index (χ0v) is 11.2. The van der Waals surface area contributed by atoms with Crippen molar-refractivity contribution in [1.82, 2.24) is 0 Å². The second-order valence-corrected chi connectivity index (χ2v) is 5.19.